The molecule has 0 amide bonds. The molecule has 27 heavy (non-hydrogen) atoms. The van der Waals surface area contributed by atoms with Gasteiger partial charge >= 0.3 is 11.9 Å². The quantitative estimate of drug-likeness (QED) is 0.420. The van der Waals surface area contributed by atoms with Gasteiger partial charge in [0.05, 0.1) is 34.0 Å². The predicted octanol–water partition coefficient (Wildman–Crippen LogP) is 3.12. The molecule has 0 spiro atoms. The first-order valence-corrected chi connectivity index (χ1v) is 7.90. The van der Waals surface area contributed by atoms with E-state index in [1.54, 1.807) is 36.4 Å². The fourth-order valence-electron chi connectivity index (χ4n) is 2.32. The van der Waals surface area contributed by atoms with E-state index in [4.69, 9.17) is 18.9 Å². The fourth-order valence-corrected chi connectivity index (χ4v) is 2.32. The zero-order chi connectivity index (χ0) is 19.8. The summed E-state index contributed by atoms with van der Waals surface area (Å²) in [6.45, 7) is 0. The summed E-state index contributed by atoms with van der Waals surface area (Å²) in [5, 5.41) is 0. The van der Waals surface area contributed by atoms with Crippen LogP contribution in [0.5, 0.6) is 23.0 Å². The number of rotatable bonds is 7. The first-order chi connectivity index (χ1) is 13.0. The molecule has 142 valence electrons. The lowest BCUT2D eigenvalue weighted by Gasteiger charge is -2.12. The normalized spacial score (nSPS) is 10.4. The average Bonchev–Trinajstić information content (AvgIpc) is 2.70. The second-order valence-electron chi connectivity index (χ2n) is 5.23. The Kier molecular flexibility index (Phi) is 6.82. The molecule has 0 bridgehead atoms. The number of ether oxygens (including phenoxy) is 5. The maximum absolute atomic E-state index is 12.1. The minimum Gasteiger partial charge on any atom is -0.493 e. The van der Waals surface area contributed by atoms with Gasteiger partial charge < -0.3 is 23.7 Å². The third-order valence-corrected chi connectivity index (χ3v) is 3.57. The molecule has 0 atom stereocenters. The van der Waals surface area contributed by atoms with Gasteiger partial charge in [-0.3, -0.25) is 0 Å². The maximum atomic E-state index is 12.1. The van der Waals surface area contributed by atoms with Crippen molar-refractivity contribution in [2.45, 2.75) is 0 Å². The minimum atomic E-state index is -0.606. The van der Waals surface area contributed by atoms with Crippen molar-refractivity contribution in [1.29, 1.82) is 0 Å². The van der Waals surface area contributed by atoms with Gasteiger partial charge in [-0.2, -0.15) is 0 Å². The van der Waals surface area contributed by atoms with Crippen LogP contribution in [0.1, 0.15) is 15.9 Å². The lowest BCUT2D eigenvalue weighted by molar-refractivity contribution is -0.128. The molecule has 2 aromatic carbocycles. The molecule has 0 fully saturated rings. The van der Waals surface area contributed by atoms with E-state index in [9.17, 15) is 9.59 Å². The average molecular weight is 372 g/mol. The predicted molar refractivity (Wildman–Crippen MR) is 98.5 cm³/mol. The largest absolute Gasteiger partial charge is 0.493 e. The lowest BCUT2D eigenvalue weighted by Crippen LogP contribution is -2.06. The fraction of sp³-hybridized carbons (Fsp3) is 0.200. The van der Waals surface area contributed by atoms with Crippen molar-refractivity contribution in [2.24, 2.45) is 0 Å². The van der Waals surface area contributed by atoms with Crippen molar-refractivity contribution < 1.29 is 33.3 Å². The van der Waals surface area contributed by atoms with Crippen molar-refractivity contribution in [2.75, 3.05) is 28.4 Å². The van der Waals surface area contributed by atoms with Gasteiger partial charge in [0.25, 0.3) is 0 Å². The van der Waals surface area contributed by atoms with Gasteiger partial charge in [-0.1, -0.05) is 6.07 Å². The van der Waals surface area contributed by atoms with E-state index < -0.39 is 11.9 Å². The highest BCUT2D eigenvalue weighted by molar-refractivity contribution is 5.91. The van der Waals surface area contributed by atoms with E-state index >= 15 is 0 Å². The van der Waals surface area contributed by atoms with Crippen LogP contribution in [-0.2, 0) is 9.53 Å². The van der Waals surface area contributed by atoms with E-state index in [2.05, 4.69) is 4.74 Å². The number of methoxy groups -OCH3 is 4. The number of esters is 2. The summed E-state index contributed by atoms with van der Waals surface area (Å²) in [6, 6.07) is 9.55. The van der Waals surface area contributed by atoms with Crippen LogP contribution in [0.25, 0.3) is 6.08 Å². The Bertz CT molecular complexity index is 830. The molecule has 7 nitrogen and oxygen atoms in total. The molecule has 0 aliphatic heterocycles. The van der Waals surface area contributed by atoms with Crippen LogP contribution in [0.15, 0.2) is 42.5 Å². The van der Waals surface area contributed by atoms with Crippen LogP contribution >= 0.6 is 0 Å². The van der Waals surface area contributed by atoms with Gasteiger partial charge in [0.15, 0.2) is 11.5 Å². The number of carbonyl (C=O) groups excluding carboxylic acids is 2. The summed E-state index contributed by atoms with van der Waals surface area (Å²) >= 11 is 0. The molecule has 0 N–H and O–H groups in total. The molecule has 2 aromatic rings. The SMILES string of the molecule is COC(=O)c1cccc(OC(=O)/C=C/c2cc(OC)c(OC)c(OC)c2)c1. The van der Waals surface area contributed by atoms with Gasteiger partial charge in [0.1, 0.15) is 5.75 Å². The van der Waals surface area contributed by atoms with Crippen LogP contribution in [-0.4, -0.2) is 40.4 Å². The maximum Gasteiger partial charge on any atom is 0.337 e. The molecule has 0 aromatic heterocycles. The van der Waals surface area contributed by atoms with Crippen molar-refractivity contribution in [3.05, 3.63) is 53.6 Å². The zero-order valence-corrected chi connectivity index (χ0v) is 15.5. The molecule has 0 unspecified atom stereocenters. The Morgan fingerprint density at radius 2 is 1.56 bits per heavy atom. The van der Waals surface area contributed by atoms with E-state index in [0.717, 1.165) is 0 Å². The highest BCUT2D eigenvalue weighted by Crippen LogP contribution is 2.38. The van der Waals surface area contributed by atoms with Crippen LogP contribution in [0.4, 0.5) is 0 Å². The second-order valence-corrected chi connectivity index (χ2v) is 5.23. The van der Waals surface area contributed by atoms with Gasteiger partial charge in [-0.15, -0.1) is 0 Å². The molecular weight excluding hydrogens is 352 g/mol. The van der Waals surface area contributed by atoms with Gasteiger partial charge in [-0.25, -0.2) is 9.59 Å². The summed E-state index contributed by atoms with van der Waals surface area (Å²) in [6.07, 6.45) is 2.81. The number of benzene rings is 2. The number of carbonyl (C=O) groups is 2. The minimum absolute atomic E-state index is 0.234. The molecule has 0 radical (unpaired) electrons. The van der Waals surface area contributed by atoms with Crippen molar-refractivity contribution in [1.82, 2.24) is 0 Å². The van der Waals surface area contributed by atoms with Crippen molar-refractivity contribution in [3.8, 4) is 23.0 Å². The summed E-state index contributed by atoms with van der Waals surface area (Å²) < 4.78 is 25.6. The molecule has 0 aliphatic rings. The van der Waals surface area contributed by atoms with E-state index in [1.807, 2.05) is 0 Å². The van der Waals surface area contributed by atoms with Crippen LogP contribution in [0.3, 0.4) is 0 Å². The Morgan fingerprint density at radius 3 is 2.11 bits per heavy atom. The summed E-state index contributed by atoms with van der Waals surface area (Å²) in [4.78, 5) is 23.6. The third kappa shape index (κ3) is 5.01. The zero-order valence-electron chi connectivity index (χ0n) is 15.5. The van der Waals surface area contributed by atoms with Gasteiger partial charge in [0, 0.05) is 6.08 Å². The van der Waals surface area contributed by atoms with E-state index in [-0.39, 0.29) is 11.3 Å². The summed E-state index contributed by atoms with van der Waals surface area (Å²) in [7, 11) is 5.80. The second kappa shape index (κ2) is 9.28. The molecular formula is C20H20O7. The Morgan fingerprint density at radius 1 is 0.889 bits per heavy atom. The Hall–Kier alpha value is -3.48. The van der Waals surface area contributed by atoms with Gasteiger partial charge in [0.2, 0.25) is 5.75 Å². The monoisotopic (exact) mass is 372 g/mol. The topological polar surface area (TPSA) is 80.3 Å². The molecule has 7 heteroatoms. The van der Waals surface area contributed by atoms with Crippen LogP contribution < -0.4 is 18.9 Å². The number of hydrogen-bond acceptors (Lipinski definition) is 7. The molecule has 0 aliphatic carbocycles. The van der Waals surface area contributed by atoms with Crippen molar-refractivity contribution in [3.63, 3.8) is 0 Å². The highest BCUT2D eigenvalue weighted by atomic mass is 16.5. The first-order valence-electron chi connectivity index (χ1n) is 7.90. The van der Waals surface area contributed by atoms with Crippen LogP contribution in [0.2, 0.25) is 0 Å². The lowest BCUT2D eigenvalue weighted by atomic mass is 10.1. The van der Waals surface area contributed by atoms with E-state index in [0.29, 0.717) is 22.8 Å². The standard InChI is InChI=1S/C20H20O7/c1-23-16-10-13(11-17(24-2)19(16)25-3)8-9-18(21)27-15-7-5-6-14(12-15)20(22)26-4/h5-12H,1-4H3/b9-8+. The van der Waals surface area contributed by atoms with Crippen molar-refractivity contribution >= 4 is 18.0 Å². The Balaban J connectivity index is 2.16. The Labute approximate surface area is 157 Å². The summed E-state index contributed by atoms with van der Waals surface area (Å²) in [5.41, 5.74) is 0.946. The summed E-state index contributed by atoms with van der Waals surface area (Å²) in [5.74, 6) is 0.509. The molecule has 0 heterocycles. The third-order valence-electron chi connectivity index (χ3n) is 3.57. The number of hydrogen-bond donors (Lipinski definition) is 0. The van der Waals surface area contributed by atoms with E-state index in [1.165, 1.54) is 40.6 Å². The first kappa shape index (κ1) is 19.8. The van der Waals surface area contributed by atoms with Crippen LogP contribution in [0, 0.1) is 0 Å². The van der Waals surface area contributed by atoms with Gasteiger partial charge in [-0.05, 0) is 42.0 Å². The highest BCUT2D eigenvalue weighted by Gasteiger charge is 2.12. The smallest absolute Gasteiger partial charge is 0.337 e. The molecule has 0 saturated heterocycles. The molecule has 0 saturated carbocycles. The molecule has 2 rings (SSSR count).